The molecule has 0 aliphatic carbocycles. The maximum Gasteiger partial charge on any atom is 0.338 e. The van der Waals surface area contributed by atoms with Crippen LogP contribution in [0.5, 0.6) is 0 Å². The lowest BCUT2D eigenvalue weighted by Gasteiger charge is -2.32. The zero-order chi connectivity index (χ0) is 46.9. The predicted octanol–water partition coefficient (Wildman–Crippen LogP) is 9.95. The van der Waals surface area contributed by atoms with Crippen LogP contribution in [-0.2, 0) is 45.1 Å². The van der Waals surface area contributed by atoms with Gasteiger partial charge in [-0.15, -0.1) is 0 Å². The maximum atomic E-state index is 13.7. The van der Waals surface area contributed by atoms with Crippen molar-refractivity contribution in [3.05, 3.63) is 159 Å². The summed E-state index contributed by atoms with van der Waals surface area (Å²) in [5.74, 6) is -1.87. The minimum Gasteiger partial charge on any atom is -0.461 e. The highest BCUT2D eigenvalue weighted by Crippen LogP contribution is 2.22. The second kappa shape index (κ2) is 24.1. The molecular weight excluding hydrogens is 842 g/mol. The van der Waals surface area contributed by atoms with Crippen LogP contribution in [-0.4, -0.2) is 76.2 Å². The largest absolute Gasteiger partial charge is 0.461 e. The number of benzene rings is 4. The number of aromatic nitrogens is 1. The highest BCUT2D eigenvalue weighted by atomic mass is 35.5. The lowest BCUT2D eigenvalue weighted by atomic mass is 10.0. The molecular formula is C52H60ClN5O7. The first-order valence-electron chi connectivity index (χ1n) is 22.1. The summed E-state index contributed by atoms with van der Waals surface area (Å²) in [6.45, 7) is 11.5. The van der Waals surface area contributed by atoms with E-state index in [-0.39, 0.29) is 53.9 Å². The SMILES string of the molecule is CCC(CC)N(CCN(C)C(=O)CCC(=O)OCc1ccccc1)Cc1cccc(C(=O)Nc2ccc(Cl)nc2C(=O)Nc2ccc(CCc3ccc(C(=O)OC(C)(C)C)cc3)cc2)c1. The number of nitrogens with one attached hydrogen (secondary N) is 2. The van der Waals surface area contributed by atoms with Crippen molar-refractivity contribution in [2.24, 2.45) is 0 Å². The zero-order valence-electron chi connectivity index (χ0n) is 38.2. The van der Waals surface area contributed by atoms with E-state index in [2.05, 4.69) is 34.4 Å². The number of anilines is 2. The molecule has 1 aromatic heterocycles. The summed E-state index contributed by atoms with van der Waals surface area (Å²) in [4.78, 5) is 73.2. The molecule has 4 aromatic carbocycles. The smallest absolute Gasteiger partial charge is 0.338 e. The number of esters is 2. The Kier molecular flexibility index (Phi) is 18.4. The molecule has 5 rings (SSSR count). The van der Waals surface area contributed by atoms with Crippen LogP contribution in [0, 0.1) is 0 Å². The van der Waals surface area contributed by atoms with Crippen molar-refractivity contribution in [3.8, 4) is 0 Å². The Balaban J connectivity index is 1.15. The molecule has 0 fully saturated rings. The standard InChI is InChI=1S/C52H60ClN5O7/c1-7-43(8-2)58(32-31-57(6)46(59)29-30-47(60)64-35-38-13-10-9-11-14-38)34-39-15-12-16-41(33-39)49(61)55-44-27-28-45(53)56-48(44)50(62)54-42-25-21-37(22-26-42)18-17-36-19-23-40(24-20-36)51(63)65-52(3,4)5/h9-16,19-28,33,43H,7-8,17-18,29-32,34-35H2,1-6H3,(H,54,62)(H,55,61). The summed E-state index contributed by atoms with van der Waals surface area (Å²) in [5, 5.41) is 5.82. The molecule has 0 aliphatic rings. The Morgan fingerprint density at radius 2 is 1.34 bits per heavy atom. The van der Waals surface area contributed by atoms with Crippen LogP contribution in [0.1, 0.15) is 114 Å². The normalized spacial score (nSPS) is 11.3. The van der Waals surface area contributed by atoms with Gasteiger partial charge in [0.25, 0.3) is 11.8 Å². The van der Waals surface area contributed by atoms with Gasteiger partial charge in [0.1, 0.15) is 17.4 Å². The molecule has 13 heteroatoms. The molecule has 3 amide bonds. The van der Waals surface area contributed by atoms with Crippen LogP contribution >= 0.6 is 11.6 Å². The fourth-order valence-corrected chi connectivity index (χ4v) is 7.28. The van der Waals surface area contributed by atoms with Gasteiger partial charge in [0.2, 0.25) is 5.91 Å². The quantitative estimate of drug-likeness (QED) is 0.0543. The van der Waals surface area contributed by atoms with Gasteiger partial charge in [0.15, 0.2) is 5.69 Å². The summed E-state index contributed by atoms with van der Waals surface area (Å²) in [6, 6.07) is 34.9. The third kappa shape index (κ3) is 16.0. The highest BCUT2D eigenvalue weighted by Gasteiger charge is 2.22. The van der Waals surface area contributed by atoms with Crippen molar-refractivity contribution >= 4 is 52.6 Å². The van der Waals surface area contributed by atoms with Gasteiger partial charge in [-0.2, -0.15) is 0 Å². The summed E-state index contributed by atoms with van der Waals surface area (Å²) in [6.07, 6.45) is 3.37. The first-order chi connectivity index (χ1) is 31.1. The number of hydrogen-bond donors (Lipinski definition) is 2. The van der Waals surface area contributed by atoms with E-state index in [0.29, 0.717) is 36.4 Å². The van der Waals surface area contributed by atoms with Crippen LogP contribution in [0.4, 0.5) is 11.4 Å². The summed E-state index contributed by atoms with van der Waals surface area (Å²) in [7, 11) is 1.74. The van der Waals surface area contributed by atoms with Crippen molar-refractivity contribution in [1.82, 2.24) is 14.8 Å². The molecule has 2 N–H and O–H groups in total. The third-order valence-electron chi connectivity index (χ3n) is 10.8. The fourth-order valence-electron chi connectivity index (χ4n) is 7.14. The Bertz CT molecular complexity index is 2380. The summed E-state index contributed by atoms with van der Waals surface area (Å²) >= 11 is 6.24. The van der Waals surface area contributed by atoms with E-state index in [1.807, 2.05) is 93.6 Å². The van der Waals surface area contributed by atoms with E-state index >= 15 is 0 Å². The molecule has 5 aromatic rings. The number of hydrogen-bond acceptors (Lipinski definition) is 9. The number of rotatable bonds is 21. The minimum absolute atomic E-state index is 0.00698. The zero-order valence-corrected chi connectivity index (χ0v) is 39.0. The molecule has 0 bridgehead atoms. The van der Waals surface area contributed by atoms with E-state index in [1.54, 1.807) is 48.3 Å². The summed E-state index contributed by atoms with van der Waals surface area (Å²) < 4.78 is 10.8. The number of amides is 3. The Labute approximate surface area is 387 Å². The molecule has 65 heavy (non-hydrogen) atoms. The van der Waals surface area contributed by atoms with Gasteiger partial charge in [-0.05, 0) is 117 Å². The monoisotopic (exact) mass is 901 g/mol. The molecule has 0 unspecified atom stereocenters. The van der Waals surface area contributed by atoms with Gasteiger partial charge in [0.05, 0.1) is 17.7 Å². The van der Waals surface area contributed by atoms with Crippen molar-refractivity contribution < 1.29 is 33.4 Å². The van der Waals surface area contributed by atoms with Crippen LogP contribution in [0.3, 0.4) is 0 Å². The lowest BCUT2D eigenvalue weighted by molar-refractivity contribution is -0.147. The van der Waals surface area contributed by atoms with Crippen molar-refractivity contribution in [2.45, 2.75) is 97.9 Å². The number of aryl methyl sites for hydroxylation is 2. The number of pyridine rings is 1. The highest BCUT2D eigenvalue weighted by molar-refractivity contribution is 6.29. The molecule has 0 radical (unpaired) electrons. The van der Waals surface area contributed by atoms with E-state index in [1.165, 1.54) is 6.07 Å². The molecule has 0 aliphatic heterocycles. The molecule has 0 spiro atoms. The van der Waals surface area contributed by atoms with Crippen molar-refractivity contribution in [3.63, 3.8) is 0 Å². The van der Waals surface area contributed by atoms with Crippen molar-refractivity contribution in [1.29, 1.82) is 0 Å². The van der Waals surface area contributed by atoms with Gasteiger partial charge < -0.3 is 25.0 Å². The Morgan fingerprint density at radius 1 is 0.692 bits per heavy atom. The average Bonchev–Trinajstić information content (AvgIpc) is 3.29. The minimum atomic E-state index is -0.562. The molecule has 342 valence electrons. The number of ether oxygens (including phenoxy) is 2. The number of carbonyl (C=O) groups is 5. The van der Waals surface area contributed by atoms with Gasteiger partial charge in [-0.25, -0.2) is 9.78 Å². The molecule has 0 atom stereocenters. The van der Waals surface area contributed by atoms with Crippen LogP contribution < -0.4 is 10.6 Å². The Morgan fingerprint density at radius 3 is 1.98 bits per heavy atom. The number of halogens is 1. The Hall–Kier alpha value is -6.37. The molecule has 0 saturated carbocycles. The predicted molar refractivity (Wildman–Crippen MR) is 255 cm³/mol. The average molecular weight is 903 g/mol. The van der Waals surface area contributed by atoms with Crippen molar-refractivity contribution in [2.75, 3.05) is 30.8 Å². The van der Waals surface area contributed by atoms with Gasteiger partial charge >= 0.3 is 11.9 Å². The fraction of sp³-hybridized carbons (Fsp3) is 0.346. The van der Waals surface area contributed by atoms with E-state index in [0.717, 1.165) is 47.9 Å². The topological polar surface area (TPSA) is 147 Å². The third-order valence-corrected chi connectivity index (χ3v) is 11.0. The van der Waals surface area contributed by atoms with E-state index < -0.39 is 23.4 Å². The molecule has 12 nitrogen and oxygen atoms in total. The van der Waals surface area contributed by atoms with Gasteiger partial charge in [0, 0.05) is 50.4 Å². The second-order valence-electron chi connectivity index (χ2n) is 16.9. The van der Waals surface area contributed by atoms with E-state index in [9.17, 15) is 24.0 Å². The van der Waals surface area contributed by atoms with Crippen LogP contribution in [0.25, 0.3) is 0 Å². The lowest BCUT2D eigenvalue weighted by Crippen LogP contribution is -2.41. The van der Waals surface area contributed by atoms with Crippen LogP contribution in [0.15, 0.2) is 115 Å². The van der Waals surface area contributed by atoms with Crippen LogP contribution in [0.2, 0.25) is 5.15 Å². The van der Waals surface area contributed by atoms with E-state index in [4.69, 9.17) is 21.1 Å². The number of nitrogens with zero attached hydrogens (tertiary/aromatic N) is 3. The molecule has 0 saturated heterocycles. The van der Waals surface area contributed by atoms with Gasteiger partial charge in [-0.1, -0.05) is 92.2 Å². The molecule has 1 heterocycles. The van der Waals surface area contributed by atoms with Gasteiger partial charge in [-0.3, -0.25) is 24.1 Å². The second-order valence-corrected chi connectivity index (χ2v) is 17.3. The number of likely N-dealkylation sites (N-methyl/N-ethyl adjacent to an activating group) is 1. The summed E-state index contributed by atoms with van der Waals surface area (Å²) in [5.41, 5.74) is 4.99. The first kappa shape index (κ1) is 49.6. The number of carbonyl (C=O) groups excluding carboxylic acids is 5. The maximum absolute atomic E-state index is 13.7. The first-order valence-corrected chi connectivity index (χ1v) is 22.5.